The second-order valence-electron chi connectivity index (χ2n) is 3.28. The molecule has 0 spiro atoms. The van der Waals surface area contributed by atoms with Crippen molar-refractivity contribution in [2.24, 2.45) is 0 Å². The summed E-state index contributed by atoms with van der Waals surface area (Å²) in [5, 5.41) is 10.5. The molecule has 1 aromatic carbocycles. The lowest BCUT2D eigenvalue weighted by Crippen LogP contribution is -2.16. The highest BCUT2D eigenvalue weighted by Crippen LogP contribution is 2.46. The predicted octanol–water partition coefficient (Wildman–Crippen LogP) is 3.31. The average Bonchev–Trinajstić information content (AvgIpc) is 2.51. The van der Waals surface area contributed by atoms with E-state index in [1.807, 2.05) is 13.0 Å². The van der Waals surface area contributed by atoms with E-state index in [2.05, 4.69) is 15.9 Å². The molecule has 0 fully saturated rings. The number of aliphatic hydroxyl groups excluding tert-OH is 1. The number of ether oxygens (including phenoxy) is 1. The van der Waals surface area contributed by atoms with Gasteiger partial charge in [0, 0.05) is 10.0 Å². The SMILES string of the molecule is CCC1Oc2c(Cl)ccc(Br)c2C1O. The number of halogens is 2. The van der Waals surface area contributed by atoms with Crippen LogP contribution in [0.4, 0.5) is 0 Å². The lowest BCUT2D eigenvalue weighted by atomic mass is 10.1. The largest absolute Gasteiger partial charge is 0.485 e. The normalized spacial score (nSPS) is 24.6. The molecule has 14 heavy (non-hydrogen) atoms. The van der Waals surface area contributed by atoms with Gasteiger partial charge in [-0.1, -0.05) is 34.5 Å². The Kier molecular flexibility index (Phi) is 2.73. The molecule has 4 heteroatoms. The summed E-state index contributed by atoms with van der Waals surface area (Å²) in [4.78, 5) is 0. The first-order valence-electron chi connectivity index (χ1n) is 4.47. The fourth-order valence-electron chi connectivity index (χ4n) is 1.65. The van der Waals surface area contributed by atoms with Crippen molar-refractivity contribution in [3.63, 3.8) is 0 Å². The van der Waals surface area contributed by atoms with E-state index in [1.165, 1.54) is 0 Å². The van der Waals surface area contributed by atoms with Crippen LogP contribution in [0.2, 0.25) is 5.02 Å². The van der Waals surface area contributed by atoms with Crippen LogP contribution in [-0.4, -0.2) is 11.2 Å². The van der Waals surface area contributed by atoms with Crippen LogP contribution in [0.5, 0.6) is 5.75 Å². The lowest BCUT2D eigenvalue weighted by molar-refractivity contribution is 0.0651. The maximum absolute atomic E-state index is 9.93. The van der Waals surface area contributed by atoms with E-state index in [-0.39, 0.29) is 6.10 Å². The van der Waals surface area contributed by atoms with E-state index >= 15 is 0 Å². The van der Waals surface area contributed by atoms with Crippen molar-refractivity contribution in [1.82, 2.24) is 0 Å². The van der Waals surface area contributed by atoms with Crippen LogP contribution in [0.1, 0.15) is 25.0 Å². The molecule has 2 nitrogen and oxygen atoms in total. The molecule has 2 unspecified atom stereocenters. The molecule has 1 heterocycles. The van der Waals surface area contributed by atoms with E-state index in [4.69, 9.17) is 16.3 Å². The molecule has 1 aliphatic heterocycles. The Hall–Kier alpha value is -0.250. The summed E-state index contributed by atoms with van der Waals surface area (Å²) in [5.41, 5.74) is 0.768. The van der Waals surface area contributed by atoms with Crippen LogP contribution >= 0.6 is 27.5 Å². The van der Waals surface area contributed by atoms with Gasteiger partial charge in [-0.2, -0.15) is 0 Å². The number of hydrogen-bond donors (Lipinski definition) is 1. The van der Waals surface area contributed by atoms with Crippen molar-refractivity contribution < 1.29 is 9.84 Å². The quantitative estimate of drug-likeness (QED) is 0.853. The molecule has 2 atom stereocenters. The maximum atomic E-state index is 9.93. The van der Waals surface area contributed by atoms with Gasteiger partial charge in [-0.25, -0.2) is 0 Å². The van der Waals surface area contributed by atoms with Gasteiger partial charge in [-0.05, 0) is 18.6 Å². The molecule has 0 aliphatic carbocycles. The topological polar surface area (TPSA) is 29.5 Å². The first-order chi connectivity index (χ1) is 6.65. The fourth-order valence-corrected chi connectivity index (χ4v) is 2.41. The predicted molar refractivity (Wildman–Crippen MR) is 58.8 cm³/mol. The van der Waals surface area contributed by atoms with Gasteiger partial charge in [0.05, 0.1) is 5.02 Å². The molecule has 2 rings (SSSR count). The lowest BCUT2D eigenvalue weighted by Gasteiger charge is -2.11. The molecule has 0 saturated heterocycles. The highest BCUT2D eigenvalue weighted by atomic mass is 79.9. The number of fused-ring (bicyclic) bond motifs is 1. The van der Waals surface area contributed by atoms with Gasteiger partial charge in [0.1, 0.15) is 18.0 Å². The number of benzene rings is 1. The number of hydrogen-bond acceptors (Lipinski definition) is 2. The highest BCUT2D eigenvalue weighted by molar-refractivity contribution is 9.10. The van der Waals surface area contributed by atoms with Crippen LogP contribution in [0.25, 0.3) is 0 Å². The Bertz CT molecular complexity index is 367. The van der Waals surface area contributed by atoms with Crippen molar-refractivity contribution in [2.75, 3.05) is 0 Å². The van der Waals surface area contributed by atoms with Crippen LogP contribution in [0.3, 0.4) is 0 Å². The third-order valence-corrected chi connectivity index (χ3v) is 3.40. The minimum Gasteiger partial charge on any atom is -0.485 e. The standard InChI is InChI=1S/C10H10BrClO2/c1-2-7-9(13)8-5(11)3-4-6(12)10(8)14-7/h3-4,7,9,13H,2H2,1H3. The van der Waals surface area contributed by atoms with E-state index in [9.17, 15) is 5.11 Å². The zero-order valence-electron chi connectivity index (χ0n) is 7.63. The third kappa shape index (κ3) is 1.44. The summed E-state index contributed by atoms with van der Waals surface area (Å²) in [5.74, 6) is 0.611. The van der Waals surface area contributed by atoms with Crippen molar-refractivity contribution in [2.45, 2.75) is 25.6 Å². The first kappa shape index (κ1) is 10.3. The van der Waals surface area contributed by atoms with Crippen LogP contribution in [0, 0.1) is 0 Å². The number of rotatable bonds is 1. The molecule has 0 amide bonds. The summed E-state index contributed by atoms with van der Waals surface area (Å²) in [7, 11) is 0. The Balaban J connectivity index is 2.52. The molecule has 0 aromatic heterocycles. The summed E-state index contributed by atoms with van der Waals surface area (Å²) >= 11 is 9.35. The Morgan fingerprint density at radius 1 is 1.57 bits per heavy atom. The summed E-state index contributed by atoms with van der Waals surface area (Å²) in [6.45, 7) is 1.97. The van der Waals surface area contributed by atoms with Crippen LogP contribution < -0.4 is 4.74 Å². The molecule has 0 radical (unpaired) electrons. The van der Waals surface area contributed by atoms with E-state index in [1.54, 1.807) is 6.07 Å². The van der Waals surface area contributed by atoms with E-state index in [0.29, 0.717) is 10.8 Å². The minimum atomic E-state index is -0.580. The highest BCUT2D eigenvalue weighted by Gasteiger charge is 2.34. The first-order valence-corrected chi connectivity index (χ1v) is 5.64. The Labute approximate surface area is 96.0 Å². The van der Waals surface area contributed by atoms with Crippen molar-refractivity contribution >= 4 is 27.5 Å². The average molecular weight is 278 g/mol. The van der Waals surface area contributed by atoms with Gasteiger partial charge < -0.3 is 9.84 Å². The molecule has 0 saturated carbocycles. The second kappa shape index (κ2) is 3.72. The second-order valence-corrected chi connectivity index (χ2v) is 4.54. The summed E-state index contributed by atoms with van der Waals surface area (Å²) in [6, 6.07) is 3.58. The van der Waals surface area contributed by atoms with Crippen LogP contribution in [0.15, 0.2) is 16.6 Å². The number of aliphatic hydroxyl groups is 1. The third-order valence-electron chi connectivity index (χ3n) is 2.41. The fraction of sp³-hybridized carbons (Fsp3) is 0.400. The van der Waals surface area contributed by atoms with Crippen LogP contribution in [-0.2, 0) is 0 Å². The molecular formula is C10H10BrClO2. The van der Waals surface area contributed by atoms with Crippen molar-refractivity contribution in [3.05, 3.63) is 27.2 Å². The van der Waals surface area contributed by atoms with Gasteiger partial charge in [0.2, 0.25) is 0 Å². The zero-order valence-corrected chi connectivity index (χ0v) is 9.97. The molecule has 1 aliphatic rings. The van der Waals surface area contributed by atoms with Gasteiger partial charge in [0.25, 0.3) is 0 Å². The monoisotopic (exact) mass is 276 g/mol. The smallest absolute Gasteiger partial charge is 0.145 e. The van der Waals surface area contributed by atoms with Crippen molar-refractivity contribution in [1.29, 1.82) is 0 Å². The molecule has 1 N–H and O–H groups in total. The van der Waals surface area contributed by atoms with Crippen molar-refractivity contribution in [3.8, 4) is 5.75 Å². The van der Waals surface area contributed by atoms with E-state index in [0.717, 1.165) is 16.5 Å². The van der Waals surface area contributed by atoms with Gasteiger partial charge in [0.15, 0.2) is 0 Å². The molecule has 76 valence electrons. The molecular weight excluding hydrogens is 267 g/mol. The van der Waals surface area contributed by atoms with Gasteiger partial charge >= 0.3 is 0 Å². The summed E-state index contributed by atoms with van der Waals surface area (Å²) in [6.07, 6.45) is 0.00258. The molecule has 1 aromatic rings. The maximum Gasteiger partial charge on any atom is 0.145 e. The Morgan fingerprint density at radius 3 is 2.86 bits per heavy atom. The van der Waals surface area contributed by atoms with Gasteiger partial charge in [-0.15, -0.1) is 0 Å². The molecule has 0 bridgehead atoms. The van der Waals surface area contributed by atoms with Gasteiger partial charge in [-0.3, -0.25) is 0 Å². The Morgan fingerprint density at radius 2 is 2.29 bits per heavy atom. The zero-order chi connectivity index (χ0) is 10.3. The minimum absolute atomic E-state index is 0.179. The summed E-state index contributed by atoms with van der Waals surface area (Å²) < 4.78 is 6.42. The van der Waals surface area contributed by atoms with E-state index < -0.39 is 6.10 Å².